The van der Waals surface area contributed by atoms with Crippen molar-refractivity contribution in [3.8, 4) is 0 Å². The lowest BCUT2D eigenvalue weighted by Gasteiger charge is -2.36. The topological polar surface area (TPSA) is 70.5 Å². The number of benzene rings is 2. The number of carbonyl (C=O) groups is 1. The quantitative estimate of drug-likeness (QED) is 0.519. The Bertz CT molecular complexity index is 1210. The highest BCUT2D eigenvalue weighted by Crippen LogP contribution is 2.25. The van der Waals surface area contributed by atoms with E-state index in [9.17, 15) is 9.59 Å². The van der Waals surface area contributed by atoms with Crippen molar-refractivity contribution in [3.63, 3.8) is 0 Å². The van der Waals surface area contributed by atoms with E-state index in [0.717, 1.165) is 48.8 Å². The number of aryl methyl sites for hydroxylation is 2. The molecule has 1 N–H and O–H groups in total. The minimum absolute atomic E-state index is 0.0924. The van der Waals surface area contributed by atoms with E-state index in [1.165, 1.54) is 23.0 Å². The van der Waals surface area contributed by atoms with E-state index in [4.69, 9.17) is 11.6 Å². The lowest BCUT2D eigenvalue weighted by atomic mass is 10.1. The van der Waals surface area contributed by atoms with Crippen LogP contribution in [0.15, 0.2) is 52.3 Å². The van der Waals surface area contributed by atoms with Gasteiger partial charge in [0.2, 0.25) is 5.91 Å². The normalized spacial score (nSPS) is 14.6. The van der Waals surface area contributed by atoms with Crippen LogP contribution in [0.2, 0.25) is 5.02 Å². The molecule has 1 amide bonds. The van der Waals surface area contributed by atoms with Gasteiger partial charge in [-0.05, 0) is 36.8 Å². The number of rotatable bonds is 7. The number of amides is 1. The largest absolute Gasteiger partial charge is 0.369 e. The fourth-order valence-electron chi connectivity index (χ4n) is 4.02. The number of para-hydroxylation sites is 2. The van der Waals surface area contributed by atoms with E-state index in [0.29, 0.717) is 11.6 Å². The minimum Gasteiger partial charge on any atom is -0.369 e. The molecule has 9 heteroatoms. The standard InChI is InChI=1S/C24H28ClN5O2S/c1-17-7-8-18(25)15-21(17)30-13-11-29(12-14-30)10-9-26-22(31)16-33-23-24(32)28(2)20-6-4-3-5-19(20)27-23/h3-8,15H,9-14,16H2,1-2H3,(H,26,31). The van der Waals surface area contributed by atoms with Gasteiger partial charge in [0.1, 0.15) is 0 Å². The first kappa shape index (κ1) is 23.6. The summed E-state index contributed by atoms with van der Waals surface area (Å²) in [5.41, 5.74) is 3.77. The molecule has 4 rings (SSSR count). The van der Waals surface area contributed by atoms with Gasteiger partial charge in [-0.2, -0.15) is 0 Å². The third-order valence-electron chi connectivity index (χ3n) is 5.93. The van der Waals surface area contributed by atoms with Crippen molar-refractivity contribution in [3.05, 3.63) is 63.4 Å². The first-order valence-electron chi connectivity index (χ1n) is 11.0. The molecule has 0 spiro atoms. The van der Waals surface area contributed by atoms with Gasteiger partial charge >= 0.3 is 0 Å². The third kappa shape index (κ3) is 5.69. The Labute approximate surface area is 202 Å². The maximum atomic E-state index is 12.5. The van der Waals surface area contributed by atoms with Gasteiger partial charge in [-0.1, -0.05) is 41.6 Å². The van der Waals surface area contributed by atoms with Crippen molar-refractivity contribution in [2.75, 3.05) is 49.9 Å². The van der Waals surface area contributed by atoms with Crippen molar-refractivity contribution < 1.29 is 4.79 Å². The lowest BCUT2D eigenvalue weighted by Crippen LogP contribution is -2.48. The molecule has 2 heterocycles. The van der Waals surface area contributed by atoms with Crippen molar-refractivity contribution >= 4 is 46.0 Å². The third-order valence-corrected chi connectivity index (χ3v) is 7.11. The Morgan fingerprint density at radius 3 is 2.70 bits per heavy atom. The second-order valence-electron chi connectivity index (χ2n) is 8.17. The molecule has 1 aliphatic rings. The molecule has 3 aromatic rings. The van der Waals surface area contributed by atoms with Crippen LogP contribution in [-0.2, 0) is 11.8 Å². The number of hydrogen-bond donors (Lipinski definition) is 1. The summed E-state index contributed by atoms with van der Waals surface area (Å²) in [6, 6.07) is 13.5. The minimum atomic E-state index is -0.181. The zero-order valence-electron chi connectivity index (χ0n) is 18.9. The number of nitrogens with one attached hydrogen (secondary N) is 1. The number of fused-ring (bicyclic) bond motifs is 1. The van der Waals surface area contributed by atoms with Gasteiger partial charge in [0.15, 0.2) is 5.03 Å². The highest BCUT2D eigenvalue weighted by atomic mass is 35.5. The van der Waals surface area contributed by atoms with Gasteiger partial charge in [-0.3, -0.25) is 14.5 Å². The van der Waals surface area contributed by atoms with Crippen LogP contribution in [0.5, 0.6) is 0 Å². The molecule has 0 unspecified atom stereocenters. The van der Waals surface area contributed by atoms with Crippen LogP contribution in [-0.4, -0.2) is 65.4 Å². The zero-order valence-corrected chi connectivity index (χ0v) is 20.5. The number of nitrogens with zero attached hydrogens (tertiary/aromatic N) is 4. The van der Waals surface area contributed by atoms with Crippen LogP contribution in [0.1, 0.15) is 5.56 Å². The van der Waals surface area contributed by atoms with Gasteiger partial charge in [-0.15, -0.1) is 0 Å². The van der Waals surface area contributed by atoms with Gasteiger partial charge in [0.05, 0.1) is 16.8 Å². The number of carbonyl (C=O) groups excluding carboxylic acids is 1. The van der Waals surface area contributed by atoms with E-state index >= 15 is 0 Å². The van der Waals surface area contributed by atoms with E-state index in [1.54, 1.807) is 11.6 Å². The van der Waals surface area contributed by atoms with Crippen LogP contribution in [0.3, 0.4) is 0 Å². The van der Waals surface area contributed by atoms with E-state index in [1.807, 2.05) is 36.4 Å². The molecule has 0 bridgehead atoms. The molecule has 1 fully saturated rings. The molecule has 1 saturated heterocycles. The zero-order chi connectivity index (χ0) is 23.4. The second-order valence-corrected chi connectivity index (χ2v) is 9.57. The Balaban J connectivity index is 1.22. The number of halogens is 1. The summed E-state index contributed by atoms with van der Waals surface area (Å²) < 4.78 is 1.58. The first-order valence-corrected chi connectivity index (χ1v) is 12.4. The Morgan fingerprint density at radius 2 is 1.91 bits per heavy atom. The van der Waals surface area contributed by atoms with Gasteiger partial charge in [-0.25, -0.2) is 4.98 Å². The summed E-state index contributed by atoms with van der Waals surface area (Å²) in [5.74, 6) is 0.0766. The highest BCUT2D eigenvalue weighted by Gasteiger charge is 2.19. The number of thioether (sulfide) groups is 1. The van der Waals surface area contributed by atoms with Gasteiger partial charge in [0, 0.05) is 57.0 Å². The molecule has 7 nitrogen and oxygen atoms in total. The average Bonchev–Trinajstić information content (AvgIpc) is 2.82. The summed E-state index contributed by atoms with van der Waals surface area (Å²) in [7, 11) is 1.73. The average molecular weight is 486 g/mol. The van der Waals surface area contributed by atoms with Crippen molar-refractivity contribution in [1.82, 2.24) is 19.8 Å². The lowest BCUT2D eigenvalue weighted by molar-refractivity contribution is -0.118. The molecular formula is C24H28ClN5O2S. The second kappa shape index (κ2) is 10.6. The number of aromatic nitrogens is 2. The van der Waals surface area contributed by atoms with Crippen molar-refractivity contribution in [1.29, 1.82) is 0 Å². The predicted octanol–water partition coefficient (Wildman–Crippen LogP) is 2.93. The maximum Gasteiger partial charge on any atom is 0.283 e. The molecule has 1 aromatic heterocycles. The summed E-state index contributed by atoms with van der Waals surface area (Å²) in [6.45, 7) is 7.23. The number of anilines is 1. The molecular weight excluding hydrogens is 458 g/mol. The van der Waals surface area contributed by atoms with Crippen molar-refractivity contribution in [2.45, 2.75) is 11.9 Å². The maximum absolute atomic E-state index is 12.5. The van der Waals surface area contributed by atoms with Crippen LogP contribution in [0.25, 0.3) is 11.0 Å². The van der Waals surface area contributed by atoms with E-state index in [-0.39, 0.29) is 17.2 Å². The number of hydrogen-bond acceptors (Lipinski definition) is 6. The molecule has 174 valence electrons. The Kier molecular flexibility index (Phi) is 7.57. The smallest absolute Gasteiger partial charge is 0.283 e. The van der Waals surface area contributed by atoms with Crippen molar-refractivity contribution in [2.24, 2.45) is 7.05 Å². The summed E-state index contributed by atoms with van der Waals surface area (Å²) in [6.07, 6.45) is 0. The van der Waals surface area contributed by atoms with E-state index < -0.39 is 0 Å². The summed E-state index contributed by atoms with van der Waals surface area (Å²) in [4.78, 5) is 34.0. The molecule has 0 atom stereocenters. The molecule has 33 heavy (non-hydrogen) atoms. The molecule has 0 saturated carbocycles. The fourth-order valence-corrected chi connectivity index (χ4v) is 4.98. The molecule has 2 aromatic carbocycles. The fraction of sp³-hybridized carbons (Fsp3) is 0.375. The van der Waals surface area contributed by atoms with Crippen LogP contribution in [0.4, 0.5) is 5.69 Å². The van der Waals surface area contributed by atoms with Crippen LogP contribution in [0, 0.1) is 6.92 Å². The van der Waals surface area contributed by atoms with E-state index in [2.05, 4.69) is 33.1 Å². The van der Waals surface area contributed by atoms with Gasteiger partial charge in [0.25, 0.3) is 5.56 Å². The molecule has 0 radical (unpaired) electrons. The first-order chi connectivity index (χ1) is 15.9. The SMILES string of the molecule is Cc1ccc(Cl)cc1N1CCN(CCNC(=O)CSc2nc3ccccc3n(C)c2=O)CC1. The summed E-state index contributed by atoms with van der Waals surface area (Å²) >= 11 is 7.35. The number of piperazine rings is 1. The monoisotopic (exact) mass is 485 g/mol. The molecule has 1 aliphatic heterocycles. The Morgan fingerprint density at radius 1 is 1.15 bits per heavy atom. The molecule has 0 aliphatic carbocycles. The van der Waals surface area contributed by atoms with Gasteiger partial charge < -0.3 is 14.8 Å². The van der Waals surface area contributed by atoms with Crippen LogP contribution < -0.4 is 15.8 Å². The Hall–Kier alpha value is -2.55. The predicted molar refractivity (Wildman–Crippen MR) is 136 cm³/mol. The van der Waals surface area contributed by atoms with Crippen LogP contribution >= 0.6 is 23.4 Å². The summed E-state index contributed by atoms with van der Waals surface area (Å²) in [5, 5.41) is 4.07. The highest BCUT2D eigenvalue weighted by molar-refractivity contribution is 7.99.